The van der Waals surface area contributed by atoms with Crippen LogP contribution in [-0.2, 0) is 14.2 Å². The third-order valence-electron chi connectivity index (χ3n) is 13.3. The monoisotopic (exact) mass is 526 g/mol. The third-order valence-corrected chi connectivity index (χ3v) is 13.3. The fourth-order valence-corrected chi connectivity index (χ4v) is 11.8. The minimum absolute atomic E-state index is 0.128. The molecular weight excluding hydrogens is 468 g/mol. The van der Waals surface area contributed by atoms with Crippen LogP contribution in [0.25, 0.3) is 0 Å². The standard InChI is InChI=1S/C35H58O3/c1-20-18-26-31(29-22-13-9-8-12-21(22)16-17-25(29)36-26)30-23-14-10-11-15-24(23)35(32(20)30)37-27(33(2,3)4)19-28(38-35)34(5,6)7/h20-32H,8-19H2,1-7H3. The molecule has 0 radical (unpaired) electrons. The second kappa shape index (κ2) is 9.19. The molecule has 216 valence electrons. The Morgan fingerprint density at radius 2 is 1.24 bits per heavy atom. The van der Waals surface area contributed by atoms with Gasteiger partial charge in [-0.2, -0.15) is 0 Å². The molecule has 7 aliphatic rings. The number of hydrogen-bond donors (Lipinski definition) is 0. The van der Waals surface area contributed by atoms with E-state index < -0.39 is 5.79 Å². The summed E-state index contributed by atoms with van der Waals surface area (Å²) in [6.07, 6.45) is 17.9. The van der Waals surface area contributed by atoms with Crippen LogP contribution in [0, 0.1) is 64.1 Å². The van der Waals surface area contributed by atoms with Gasteiger partial charge in [-0.1, -0.05) is 80.6 Å². The van der Waals surface area contributed by atoms with Crippen molar-refractivity contribution in [1.82, 2.24) is 0 Å². The first-order valence-corrected chi connectivity index (χ1v) is 17.0. The van der Waals surface area contributed by atoms with Gasteiger partial charge >= 0.3 is 0 Å². The summed E-state index contributed by atoms with van der Waals surface area (Å²) in [7, 11) is 0. The molecule has 2 heterocycles. The minimum atomic E-state index is -0.396. The van der Waals surface area contributed by atoms with Crippen molar-refractivity contribution < 1.29 is 14.2 Å². The van der Waals surface area contributed by atoms with Crippen molar-refractivity contribution in [2.45, 2.75) is 156 Å². The highest BCUT2D eigenvalue weighted by atomic mass is 16.7. The Kier molecular flexibility index (Phi) is 6.47. The molecule has 13 unspecified atom stereocenters. The lowest BCUT2D eigenvalue weighted by Gasteiger charge is -2.57. The molecule has 0 N–H and O–H groups in total. The maximum atomic E-state index is 7.56. The van der Waals surface area contributed by atoms with Gasteiger partial charge in [0.25, 0.3) is 0 Å². The highest BCUT2D eigenvalue weighted by Gasteiger charge is 2.72. The molecule has 13 atom stereocenters. The van der Waals surface area contributed by atoms with Gasteiger partial charge in [0, 0.05) is 18.3 Å². The van der Waals surface area contributed by atoms with Crippen LogP contribution in [0.3, 0.4) is 0 Å². The molecule has 0 aromatic carbocycles. The highest BCUT2D eigenvalue weighted by molar-refractivity contribution is 5.16. The van der Waals surface area contributed by atoms with Gasteiger partial charge in [0.15, 0.2) is 5.79 Å². The predicted octanol–water partition coefficient (Wildman–Crippen LogP) is 8.64. The maximum Gasteiger partial charge on any atom is 0.175 e. The van der Waals surface area contributed by atoms with E-state index >= 15 is 0 Å². The second-order valence-electron chi connectivity index (χ2n) is 17.4. The quantitative estimate of drug-likeness (QED) is 0.316. The van der Waals surface area contributed by atoms with E-state index in [2.05, 4.69) is 48.5 Å². The van der Waals surface area contributed by atoms with Gasteiger partial charge < -0.3 is 14.2 Å². The van der Waals surface area contributed by atoms with Crippen LogP contribution in [0.5, 0.6) is 0 Å². The first-order valence-electron chi connectivity index (χ1n) is 17.0. The fourth-order valence-electron chi connectivity index (χ4n) is 11.8. The van der Waals surface area contributed by atoms with E-state index in [0.717, 1.165) is 41.9 Å². The molecule has 7 rings (SSSR count). The first kappa shape index (κ1) is 26.8. The molecule has 2 saturated heterocycles. The van der Waals surface area contributed by atoms with Crippen LogP contribution in [0.2, 0.25) is 0 Å². The third kappa shape index (κ3) is 3.97. The van der Waals surface area contributed by atoms with Crippen molar-refractivity contribution in [3.8, 4) is 0 Å². The first-order chi connectivity index (χ1) is 18.0. The largest absolute Gasteiger partial charge is 0.374 e. The normalized spacial score (nSPS) is 54.6. The molecule has 0 amide bonds. The van der Waals surface area contributed by atoms with Gasteiger partial charge in [0.05, 0.1) is 24.4 Å². The molecule has 2 aliphatic heterocycles. The minimum Gasteiger partial charge on any atom is -0.374 e. The van der Waals surface area contributed by atoms with E-state index in [1.54, 1.807) is 0 Å². The van der Waals surface area contributed by atoms with Crippen LogP contribution in [0.1, 0.15) is 126 Å². The van der Waals surface area contributed by atoms with Crippen LogP contribution < -0.4 is 0 Å². The molecule has 5 saturated carbocycles. The molecule has 0 aromatic heterocycles. The van der Waals surface area contributed by atoms with E-state index in [1.807, 2.05) is 0 Å². The average Bonchev–Trinajstić information content (AvgIpc) is 3.37. The summed E-state index contributed by atoms with van der Waals surface area (Å²) in [4.78, 5) is 0. The van der Waals surface area contributed by atoms with Gasteiger partial charge in [-0.05, 0) is 90.8 Å². The van der Waals surface area contributed by atoms with E-state index in [4.69, 9.17) is 14.2 Å². The van der Waals surface area contributed by atoms with Crippen LogP contribution in [0.15, 0.2) is 0 Å². The Balaban J connectivity index is 1.32. The van der Waals surface area contributed by atoms with Crippen LogP contribution >= 0.6 is 0 Å². The van der Waals surface area contributed by atoms with E-state index in [9.17, 15) is 0 Å². The lowest BCUT2D eigenvalue weighted by atomic mass is 9.54. The van der Waals surface area contributed by atoms with E-state index in [1.165, 1.54) is 70.6 Å². The zero-order chi connectivity index (χ0) is 26.6. The van der Waals surface area contributed by atoms with Gasteiger partial charge in [0.2, 0.25) is 0 Å². The van der Waals surface area contributed by atoms with Crippen molar-refractivity contribution in [3.05, 3.63) is 0 Å². The lowest BCUT2D eigenvalue weighted by molar-refractivity contribution is -0.384. The zero-order valence-electron chi connectivity index (χ0n) is 25.7. The summed E-state index contributed by atoms with van der Waals surface area (Å²) in [6.45, 7) is 17.0. The topological polar surface area (TPSA) is 27.7 Å². The molecule has 0 bridgehead atoms. The van der Waals surface area contributed by atoms with Gasteiger partial charge in [0.1, 0.15) is 0 Å². The molecule has 7 fully saturated rings. The molecule has 3 heteroatoms. The zero-order valence-corrected chi connectivity index (χ0v) is 25.7. The Morgan fingerprint density at radius 3 is 1.92 bits per heavy atom. The summed E-state index contributed by atoms with van der Waals surface area (Å²) < 4.78 is 22.2. The van der Waals surface area contributed by atoms with Crippen molar-refractivity contribution in [2.75, 3.05) is 0 Å². The molecule has 3 nitrogen and oxygen atoms in total. The summed E-state index contributed by atoms with van der Waals surface area (Å²) >= 11 is 0. The van der Waals surface area contributed by atoms with Gasteiger partial charge in [-0.3, -0.25) is 0 Å². The molecule has 38 heavy (non-hydrogen) atoms. The van der Waals surface area contributed by atoms with Gasteiger partial charge in [-0.15, -0.1) is 0 Å². The number of hydrogen-bond acceptors (Lipinski definition) is 3. The van der Waals surface area contributed by atoms with Crippen molar-refractivity contribution >= 4 is 0 Å². The second-order valence-corrected chi connectivity index (χ2v) is 17.4. The van der Waals surface area contributed by atoms with Crippen LogP contribution in [-0.4, -0.2) is 30.2 Å². The molecule has 0 aromatic rings. The Labute approximate surface area is 233 Å². The van der Waals surface area contributed by atoms with Crippen molar-refractivity contribution in [2.24, 2.45) is 64.1 Å². The van der Waals surface area contributed by atoms with Gasteiger partial charge in [-0.25, -0.2) is 0 Å². The van der Waals surface area contributed by atoms with Crippen molar-refractivity contribution in [1.29, 1.82) is 0 Å². The Bertz CT molecular complexity index is 861. The predicted molar refractivity (Wildman–Crippen MR) is 153 cm³/mol. The summed E-state index contributed by atoms with van der Waals surface area (Å²) in [6, 6.07) is 0. The summed E-state index contributed by atoms with van der Waals surface area (Å²) in [5.74, 6) is 6.22. The van der Waals surface area contributed by atoms with Crippen molar-refractivity contribution in [3.63, 3.8) is 0 Å². The average molecular weight is 527 g/mol. The SMILES string of the molecule is CC1CC2OC3CCC4CCCCC4C3C2C2C3CCCCC3C3(OC(C(C)(C)C)CC(C(C)(C)C)O3)C12. The lowest BCUT2D eigenvalue weighted by Crippen LogP contribution is -2.62. The van der Waals surface area contributed by atoms with E-state index in [-0.39, 0.29) is 23.0 Å². The smallest absolute Gasteiger partial charge is 0.175 e. The maximum absolute atomic E-state index is 7.56. The summed E-state index contributed by atoms with van der Waals surface area (Å²) in [5, 5.41) is 0. The Hall–Kier alpha value is -0.120. The fraction of sp³-hybridized carbons (Fsp3) is 1.00. The number of rotatable bonds is 0. The molecule has 5 aliphatic carbocycles. The van der Waals surface area contributed by atoms with E-state index in [0.29, 0.717) is 30.0 Å². The summed E-state index contributed by atoms with van der Waals surface area (Å²) in [5.41, 5.74) is 0.256. The number of fused-ring (bicyclic) bond motifs is 11. The molecular formula is C35H58O3. The Morgan fingerprint density at radius 1 is 0.605 bits per heavy atom. The molecule has 1 spiro atoms. The highest BCUT2D eigenvalue weighted by Crippen LogP contribution is 2.70. The van der Waals surface area contributed by atoms with Crippen LogP contribution in [0.4, 0.5) is 0 Å². The number of ether oxygens (including phenoxy) is 3.